The Kier molecular flexibility index (Phi) is 3.58. The zero-order valence-corrected chi connectivity index (χ0v) is 12.0. The van der Waals surface area contributed by atoms with Crippen LogP contribution in [0.15, 0.2) is 30.3 Å². The Hall–Kier alpha value is -1.32. The average Bonchev–Trinajstić information content (AvgIpc) is 2.99. The largest absolute Gasteiger partial charge is 0.497 e. The second-order valence-electron chi connectivity index (χ2n) is 5.11. The van der Waals surface area contributed by atoms with Gasteiger partial charge in [-0.05, 0) is 55.0 Å². The summed E-state index contributed by atoms with van der Waals surface area (Å²) in [4.78, 5) is 2.88. The summed E-state index contributed by atoms with van der Waals surface area (Å²) in [6.45, 7) is 0. The molecule has 1 atom stereocenters. The van der Waals surface area contributed by atoms with E-state index in [1.807, 2.05) is 23.5 Å². The van der Waals surface area contributed by atoms with Gasteiger partial charge in [0.05, 0.1) is 7.11 Å². The molecule has 19 heavy (non-hydrogen) atoms. The maximum absolute atomic E-state index is 6.35. The van der Waals surface area contributed by atoms with E-state index in [2.05, 4.69) is 18.2 Å². The first-order valence-corrected chi connectivity index (χ1v) is 7.58. The lowest BCUT2D eigenvalue weighted by atomic mass is 10.0. The van der Waals surface area contributed by atoms with Crippen molar-refractivity contribution in [3.63, 3.8) is 0 Å². The minimum atomic E-state index is 0.0997. The van der Waals surface area contributed by atoms with E-state index in [0.717, 1.165) is 12.2 Å². The fourth-order valence-electron chi connectivity index (χ4n) is 2.69. The molecule has 2 aromatic rings. The number of thiophene rings is 1. The summed E-state index contributed by atoms with van der Waals surface area (Å²) in [6, 6.07) is 10.6. The summed E-state index contributed by atoms with van der Waals surface area (Å²) < 4.78 is 5.25. The molecule has 0 amide bonds. The van der Waals surface area contributed by atoms with Gasteiger partial charge in [-0.2, -0.15) is 0 Å². The molecule has 1 aromatic carbocycles. The third-order valence-electron chi connectivity index (χ3n) is 3.72. The van der Waals surface area contributed by atoms with E-state index < -0.39 is 0 Å². The van der Waals surface area contributed by atoms with Gasteiger partial charge in [-0.15, -0.1) is 11.3 Å². The molecule has 0 spiro atoms. The molecule has 2 N–H and O–H groups in total. The lowest BCUT2D eigenvalue weighted by Gasteiger charge is -2.10. The molecule has 1 unspecified atom stereocenters. The topological polar surface area (TPSA) is 35.2 Å². The lowest BCUT2D eigenvalue weighted by Crippen LogP contribution is -2.11. The third kappa shape index (κ3) is 2.67. The molecule has 2 nitrogen and oxygen atoms in total. The highest BCUT2D eigenvalue weighted by atomic mass is 32.1. The van der Waals surface area contributed by atoms with E-state index in [1.54, 1.807) is 12.0 Å². The minimum absolute atomic E-state index is 0.0997. The first-order valence-electron chi connectivity index (χ1n) is 6.76. The highest BCUT2D eigenvalue weighted by Gasteiger charge is 2.18. The van der Waals surface area contributed by atoms with Gasteiger partial charge in [0.2, 0.25) is 0 Å². The summed E-state index contributed by atoms with van der Waals surface area (Å²) in [5, 5.41) is 0. The van der Waals surface area contributed by atoms with E-state index in [1.165, 1.54) is 35.3 Å². The molecule has 3 rings (SSSR count). The van der Waals surface area contributed by atoms with Crippen molar-refractivity contribution in [2.75, 3.05) is 7.11 Å². The average molecular weight is 273 g/mol. The molecule has 0 saturated heterocycles. The number of benzene rings is 1. The smallest absolute Gasteiger partial charge is 0.119 e. The van der Waals surface area contributed by atoms with E-state index in [9.17, 15) is 0 Å². The van der Waals surface area contributed by atoms with Crippen molar-refractivity contribution in [1.29, 1.82) is 0 Å². The van der Waals surface area contributed by atoms with Gasteiger partial charge in [0, 0.05) is 15.8 Å². The molecule has 1 aliphatic carbocycles. The number of methoxy groups -OCH3 is 1. The Morgan fingerprint density at radius 2 is 2.21 bits per heavy atom. The second kappa shape index (κ2) is 5.35. The van der Waals surface area contributed by atoms with Gasteiger partial charge in [0.15, 0.2) is 0 Å². The maximum atomic E-state index is 6.35. The molecular weight excluding hydrogens is 254 g/mol. The summed E-state index contributed by atoms with van der Waals surface area (Å²) in [5.41, 5.74) is 9.11. The monoisotopic (exact) mass is 273 g/mol. The van der Waals surface area contributed by atoms with Crippen LogP contribution in [0.4, 0.5) is 0 Å². The zero-order valence-electron chi connectivity index (χ0n) is 11.2. The Balaban J connectivity index is 1.74. The van der Waals surface area contributed by atoms with Crippen molar-refractivity contribution in [2.45, 2.75) is 31.7 Å². The highest BCUT2D eigenvalue weighted by molar-refractivity contribution is 7.12. The molecule has 0 saturated carbocycles. The van der Waals surface area contributed by atoms with E-state index in [0.29, 0.717) is 0 Å². The number of hydrogen-bond acceptors (Lipinski definition) is 3. The molecule has 0 aliphatic heterocycles. The number of fused-ring (bicyclic) bond motifs is 1. The van der Waals surface area contributed by atoms with Crippen molar-refractivity contribution < 1.29 is 4.74 Å². The highest BCUT2D eigenvalue weighted by Crippen LogP contribution is 2.34. The number of hydrogen-bond donors (Lipinski definition) is 1. The van der Waals surface area contributed by atoms with Crippen molar-refractivity contribution in [1.82, 2.24) is 0 Å². The van der Waals surface area contributed by atoms with Gasteiger partial charge in [-0.25, -0.2) is 0 Å². The van der Waals surface area contributed by atoms with Crippen LogP contribution in [0.1, 0.15) is 33.3 Å². The van der Waals surface area contributed by atoms with Crippen LogP contribution in [0.2, 0.25) is 0 Å². The number of aryl methyl sites for hydroxylation is 2. The molecule has 1 aliphatic rings. The maximum Gasteiger partial charge on any atom is 0.119 e. The summed E-state index contributed by atoms with van der Waals surface area (Å²) in [6.07, 6.45) is 4.66. The second-order valence-corrected chi connectivity index (χ2v) is 6.28. The molecule has 1 aromatic heterocycles. The van der Waals surface area contributed by atoms with Gasteiger partial charge < -0.3 is 10.5 Å². The van der Waals surface area contributed by atoms with Crippen LogP contribution in [-0.2, 0) is 19.3 Å². The fourth-order valence-corrected chi connectivity index (χ4v) is 3.95. The van der Waals surface area contributed by atoms with E-state index in [4.69, 9.17) is 10.5 Å². The van der Waals surface area contributed by atoms with Crippen LogP contribution in [0, 0.1) is 0 Å². The molecule has 3 heteroatoms. The van der Waals surface area contributed by atoms with Crippen LogP contribution in [0.3, 0.4) is 0 Å². The van der Waals surface area contributed by atoms with Crippen LogP contribution in [0.25, 0.3) is 0 Å². The van der Waals surface area contributed by atoms with Gasteiger partial charge in [-0.3, -0.25) is 0 Å². The Bertz CT molecular complexity index is 554. The normalized spacial score (nSPS) is 15.3. The quantitative estimate of drug-likeness (QED) is 0.925. The van der Waals surface area contributed by atoms with Crippen LogP contribution >= 0.6 is 11.3 Å². The molecular formula is C16H19NOS. The SMILES string of the molecule is COc1cccc(CC(N)c2cc3c(s2)CCC3)c1. The molecule has 0 fully saturated rings. The van der Waals surface area contributed by atoms with Gasteiger partial charge in [0.1, 0.15) is 5.75 Å². The van der Waals surface area contributed by atoms with Crippen molar-refractivity contribution in [3.8, 4) is 5.75 Å². The summed E-state index contributed by atoms with van der Waals surface area (Å²) >= 11 is 1.90. The zero-order chi connectivity index (χ0) is 13.2. The third-order valence-corrected chi connectivity index (χ3v) is 5.09. The fraction of sp³-hybridized carbons (Fsp3) is 0.375. The van der Waals surface area contributed by atoms with Crippen LogP contribution in [0.5, 0.6) is 5.75 Å². The van der Waals surface area contributed by atoms with Crippen molar-refractivity contribution in [2.24, 2.45) is 5.73 Å². The minimum Gasteiger partial charge on any atom is -0.497 e. The predicted molar refractivity (Wildman–Crippen MR) is 80.0 cm³/mol. The van der Waals surface area contributed by atoms with Crippen LogP contribution < -0.4 is 10.5 Å². The van der Waals surface area contributed by atoms with E-state index >= 15 is 0 Å². The van der Waals surface area contributed by atoms with Gasteiger partial charge >= 0.3 is 0 Å². The van der Waals surface area contributed by atoms with Crippen molar-refractivity contribution >= 4 is 11.3 Å². The van der Waals surface area contributed by atoms with Crippen LogP contribution in [-0.4, -0.2) is 7.11 Å². The summed E-state index contributed by atoms with van der Waals surface area (Å²) in [5.74, 6) is 0.901. The predicted octanol–water partition coefficient (Wildman–Crippen LogP) is 3.49. The standard InChI is InChI=1S/C16H19NOS/c1-18-13-6-2-4-11(8-13)9-14(17)16-10-12-5-3-7-15(12)19-16/h2,4,6,8,10,14H,3,5,7,9,17H2,1H3. The number of rotatable bonds is 4. The van der Waals surface area contributed by atoms with Gasteiger partial charge in [-0.1, -0.05) is 12.1 Å². The Morgan fingerprint density at radius 1 is 1.32 bits per heavy atom. The molecule has 0 radical (unpaired) electrons. The number of ether oxygens (including phenoxy) is 1. The molecule has 1 heterocycles. The Morgan fingerprint density at radius 3 is 3.00 bits per heavy atom. The lowest BCUT2D eigenvalue weighted by molar-refractivity contribution is 0.414. The first kappa shape index (κ1) is 12.7. The molecule has 0 bridgehead atoms. The number of nitrogens with two attached hydrogens (primary N) is 1. The molecule has 100 valence electrons. The van der Waals surface area contributed by atoms with E-state index in [-0.39, 0.29) is 6.04 Å². The first-order chi connectivity index (χ1) is 9.26. The van der Waals surface area contributed by atoms with Gasteiger partial charge in [0.25, 0.3) is 0 Å². The van der Waals surface area contributed by atoms with Crippen molar-refractivity contribution in [3.05, 3.63) is 51.2 Å². The summed E-state index contributed by atoms with van der Waals surface area (Å²) in [7, 11) is 1.70. The Labute approximate surface area is 118 Å².